The van der Waals surface area contributed by atoms with Gasteiger partial charge in [0, 0.05) is 13.2 Å². The van der Waals surface area contributed by atoms with Crippen molar-refractivity contribution >= 4 is 17.4 Å². The zero-order valence-corrected chi connectivity index (χ0v) is 13.3. The summed E-state index contributed by atoms with van der Waals surface area (Å²) in [5.41, 5.74) is -0.529. The molecular weight excluding hydrogens is 291 g/mol. The Balaban J connectivity index is 2.73. The standard InChI is InChI=1S/C11H23O6PS/c1-3-7-17-18(12,16-4-2)10-19(13,14)11-5-8-15-9-6-11/h11H,3-10H2,1-2H3. The first-order chi connectivity index (χ1) is 8.93. The monoisotopic (exact) mass is 314 g/mol. The van der Waals surface area contributed by atoms with Gasteiger partial charge >= 0.3 is 7.60 Å². The van der Waals surface area contributed by atoms with Crippen LogP contribution in [0.1, 0.15) is 33.1 Å². The Morgan fingerprint density at radius 2 is 1.84 bits per heavy atom. The van der Waals surface area contributed by atoms with E-state index in [1.807, 2.05) is 6.92 Å². The van der Waals surface area contributed by atoms with Crippen LogP contribution in [-0.4, -0.2) is 45.6 Å². The van der Waals surface area contributed by atoms with Crippen molar-refractivity contribution in [2.24, 2.45) is 0 Å². The maximum absolute atomic E-state index is 12.4. The molecule has 0 bridgehead atoms. The minimum atomic E-state index is -3.55. The molecule has 1 aliphatic rings. The van der Waals surface area contributed by atoms with Crippen molar-refractivity contribution in [1.29, 1.82) is 0 Å². The fourth-order valence-electron chi connectivity index (χ4n) is 1.90. The van der Waals surface area contributed by atoms with E-state index in [9.17, 15) is 13.0 Å². The third kappa shape index (κ3) is 5.52. The number of sulfone groups is 1. The molecule has 8 heteroatoms. The van der Waals surface area contributed by atoms with Crippen LogP contribution in [0, 0.1) is 0 Å². The number of ether oxygens (including phenoxy) is 1. The summed E-state index contributed by atoms with van der Waals surface area (Å²) in [6.07, 6.45) is 1.55. The van der Waals surface area contributed by atoms with Crippen LogP contribution in [0.25, 0.3) is 0 Å². The smallest absolute Gasteiger partial charge is 0.345 e. The molecular formula is C11H23O6PS. The SMILES string of the molecule is CCCOP(=O)(CS(=O)(=O)C1CCOCC1)OCC. The first-order valence-corrected chi connectivity index (χ1v) is 10.1. The Morgan fingerprint density at radius 1 is 1.21 bits per heavy atom. The van der Waals surface area contributed by atoms with E-state index in [1.165, 1.54) is 0 Å². The van der Waals surface area contributed by atoms with Gasteiger partial charge in [-0.05, 0) is 26.2 Å². The summed E-state index contributed by atoms with van der Waals surface area (Å²) < 4.78 is 52.3. The van der Waals surface area contributed by atoms with Crippen molar-refractivity contribution < 1.29 is 26.8 Å². The average molecular weight is 314 g/mol. The third-order valence-electron chi connectivity index (χ3n) is 2.83. The highest BCUT2D eigenvalue weighted by Crippen LogP contribution is 2.50. The molecule has 19 heavy (non-hydrogen) atoms. The fraction of sp³-hybridized carbons (Fsp3) is 1.00. The summed E-state index contributed by atoms with van der Waals surface area (Å²) in [6.45, 7) is 4.80. The van der Waals surface area contributed by atoms with Gasteiger partial charge in [0.2, 0.25) is 0 Å². The average Bonchev–Trinajstić information content (AvgIpc) is 2.37. The van der Waals surface area contributed by atoms with Gasteiger partial charge in [0.15, 0.2) is 15.3 Å². The van der Waals surface area contributed by atoms with E-state index in [0.717, 1.165) is 0 Å². The van der Waals surface area contributed by atoms with Crippen molar-refractivity contribution in [3.8, 4) is 0 Å². The largest absolute Gasteiger partial charge is 0.381 e. The molecule has 0 aromatic rings. The van der Waals surface area contributed by atoms with E-state index in [-0.39, 0.29) is 13.2 Å². The van der Waals surface area contributed by atoms with Crippen LogP contribution in [0.5, 0.6) is 0 Å². The Hall–Kier alpha value is 0.0600. The highest BCUT2D eigenvalue weighted by atomic mass is 32.2. The molecule has 1 unspecified atom stereocenters. The molecule has 0 N–H and O–H groups in total. The van der Waals surface area contributed by atoms with E-state index in [4.69, 9.17) is 13.8 Å². The van der Waals surface area contributed by atoms with Gasteiger partial charge < -0.3 is 13.8 Å². The van der Waals surface area contributed by atoms with Gasteiger partial charge in [-0.1, -0.05) is 6.92 Å². The van der Waals surface area contributed by atoms with Gasteiger partial charge in [-0.3, -0.25) is 4.57 Å². The summed E-state index contributed by atoms with van der Waals surface area (Å²) in [4.78, 5) is 0. The molecule has 0 saturated carbocycles. The van der Waals surface area contributed by atoms with Crippen molar-refractivity contribution in [3.63, 3.8) is 0 Å². The third-order valence-corrected chi connectivity index (χ3v) is 8.25. The minimum absolute atomic E-state index is 0.171. The van der Waals surface area contributed by atoms with Crippen molar-refractivity contribution in [2.75, 3.05) is 31.9 Å². The van der Waals surface area contributed by atoms with Crippen molar-refractivity contribution in [1.82, 2.24) is 0 Å². The molecule has 1 rings (SSSR count). The van der Waals surface area contributed by atoms with Crippen LogP contribution in [0.4, 0.5) is 0 Å². The van der Waals surface area contributed by atoms with Crippen LogP contribution >= 0.6 is 7.60 Å². The van der Waals surface area contributed by atoms with Crippen molar-refractivity contribution in [2.45, 2.75) is 38.4 Å². The van der Waals surface area contributed by atoms with Crippen LogP contribution < -0.4 is 0 Å². The molecule has 0 spiro atoms. The number of hydrogen-bond donors (Lipinski definition) is 0. The molecule has 0 aromatic carbocycles. The molecule has 1 aliphatic heterocycles. The lowest BCUT2D eigenvalue weighted by Crippen LogP contribution is -2.31. The maximum atomic E-state index is 12.4. The van der Waals surface area contributed by atoms with E-state index < -0.39 is 28.2 Å². The Morgan fingerprint density at radius 3 is 2.37 bits per heavy atom. The summed E-state index contributed by atoms with van der Waals surface area (Å²) in [5.74, 6) is 0. The van der Waals surface area contributed by atoms with E-state index in [1.54, 1.807) is 6.92 Å². The molecule has 0 amide bonds. The van der Waals surface area contributed by atoms with Gasteiger partial charge in [-0.25, -0.2) is 8.42 Å². The lowest BCUT2D eigenvalue weighted by Gasteiger charge is -2.24. The molecule has 0 aliphatic carbocycles. The van der Waals surface area contributed by atoms with Gasteiger partial charge in [-0.2, -0.15) is 0 Å². The topological polar surface area (TPSA) is 78.9 Å². The maximum Gasteiger partial charge on any atom is 0.345 e. The predicted octanol–water partition coefficient (Wildman–Crippen LogP) is 2.19. The van der Waals surface area contributed by atoms with Crippen LogP contribution in [0.2, 0.25) is 0 Å². The number of hydrogen-bond acceptors (Lipinski definition) is 6. The summed E-state index contributed by atoms with van der Waals surface area (Å²) in [7, 11) is -7.04. The minimum Gasteiger partial charge on any atom is -0.381 e. The highest BCUT2D eigenvalue weighted by Gasteiger charge is 2.37. The summed E-state index contributed by atoms with van der Waals surface area (Å²) in [6, 6.07) is 0. The molecule has 6 nitrogen and oxygen atoms in total. The van der Waals surface area contributed by atoms with Crippen molar-refractivity contribution in [3.05, 3.63) is 0 Å². The lowest BCUT2D eigenvalue weighted by atomic mass is 10.2. The lowest BCUT2D eigenvalue weighted by molar-refractivity contribution is 0.0983. The zero-order valence-electron chi connectivity index (χ0n) is 11.5. The molecule has 0 aromatic heterocycles. The fourth-order valence-corrected chi connectivity index (χ4v) is 6.94. The second-order valence-electron chi connectivity index (χ2n) is 4.47. The highest BCUT2D eigenvalue weighted by molar-refractivity contribution is 7.98. The molecule has 1 fully saturated rings. The van der Waals surface area contributed by atoms with Gasteiger partial charge in [0.05, 0.1) is 18.5 Å². The Labute approximate surface area is 115 Å². The van der Waals surface area contributed by atoms with Crippen LogP contribution in [0.3, 0.4) is 0 Å². The van der Waals surface area contributed by atoms with Gasteiger partial charge in [0.1, 0.15) is 0 Å². The van der Waals surface area contributed by atoms with E-state index in [0.29, 0.717) is 32.5 Å². The Kier molecular flexibility index (Phi) is 6.97. The van der Waals surface area contributed by atoms with Gasteiger partial charge in [-0.15, -0.1) is 0 Å². The second-order valence-corrected chi connectivity index (χ2v) is 9.23. The van der Waals surface area contributed by atoms with E-state index in [2.05, 4.69) is 0 Å². The van der Waals surface area contributed by atoms with Crippen LogP contribution in [0.15, 0.2) is 0 Å². The summed E-state index contributed by atoms with van der Waals surface area (Å²) >= 11 is 0. The molecule has 1 heterocycles. The quantitative estimate of drug-likeness (QED) is 0.639. The van der Waals surface area contributed by atoms with Crippen LogP contribution in [-0.2, 0) is 28.2 Å². The zero-order chi connectivity index (χ0) is 14.4. The second kappa shape index (κ2) is 7.74. The molecule has 1 atom stereocenters. The molecule has 114 valence electrons. The van der Waals surface area contributed by atoms with Gasteiger partial charge in [0.25, 0.3) is 0 Å². The normalized spacial score (nSPS) is 21.2. The Bertz CT molecular complexity index is 401. The number of rotatable bonds is 8. The molecule has 1 saturated heterocycles. The summed E-state index contributed by atoms with van der Waals surface area (Å²) in [5, 5.41) is -0.500. The first-order valence-electron chi connectivity index (χ1n) is 6.61. The predicted molar refractivity (Wildman–Crippen MR) is 73.1 cm³/mol. The van der Waals surface area contributed by atoms with E-state index >= 15 is 0 Å². The molecule has 0 radical (unpaired) electrons. The first kappa shape index (κ1) is 17.1.